The van der Waals surface area contributed by atoms with Crippen LogP contribution in [0.3, 0.4) is 0 Å². The fraction of sp³-hybridized carbons (Fsp3) is 0.364. The van der Waals surface area contributed by atoms with Crippen LogP contribution in [-0.2, 0) is 9.53 Å². The van der Waals surface area contributed by atoms with E-state index in [0.29, 0.717) is 24.4 Å². The van der Waals surface area contributed by atoms with Crippen molar-refractivity contribution in [3.8, 4) is 0 Å². The van der Waals surface area contributed by atoms with Crippen LogP contribution in [0.5, 0.6) is 0 Å². The lowest BCUT2D eigenvalue weighted by Gasteiger charge is -2.08. The summed E-state index contributed by atoms with van der Waals surface area (Å²) in [5.41, 5.74) is 6.08. The van der Waals surface area contributed by atoms with Crippen molar-refractivity contribution in [1.82, 2.24) is 0 Å². The molecule has 0 fully saturated rings. The SMILES string of the molecule is Cc1c(F)cccc1NC(=O)COCCN. The van der Waals surface area contributed by atoms with Crippen molar-refractivity contribution in [2.45, 2.75) is 6.92 Å². The van der Waals surface area contributed by atoms with Crippen molar-refractivity contribution in [3.63, 3.8) is 0 Å². The molecule has 0 unspecified atom stereocenters. The highest BCUT2D eigenvalue weighted by Crippen LogP contribution is 2.16. The quantitative estimate of drug-likeness (QED) is 0.737. The van der Waals surface area contributed by atoms with Crippen molar-refractivity contribution >= 4 is 11.6 Å². The lowest BCUT2D eigenvalue weighted by Crippen LogP contribution is -2.21. The van der Waals surface area contributed by atoms with Crippen molar-refractivity contribution in [2.75, 3.05) is 25.1 Å². The van der Waals surface area contributed by atoms with E-state index in [1.165, 1.54) is 6.07 Å². The van der Waals surface area contributed by atoms with E-state index in [0.717, 1.165) is 0 Å². The molecule has 0 aliphatic carbocycles. The van der Waals surface area contributed by atoms with Crippen LogP contribution < -0.4 is 11.1 Å². The minimum absolute atomic E-state index is 0.0762. The van der Waals surface area contributed by atoms with E-state index in [2.05, 4.69) is 5.32 Å². The number of ether oxygens (including phenoxy) is 1. The highest BCUT2D eigenvalue weighted by molar-refractivity contribution is 5.92. The molecule has 88 valence electrons. The van der Waals surface area contributed by atoms with Gasteiger partial charge in [-0.1, -0.05) is 6.07 Å². The summed E-state index contributed by atoms with van der Waals surface area (Å²) in [6, 6.07) is 4.52. The smallest absolute Gasteiger partial charge is 0.250 e. The molecule has 5 heteroatoms. The molecule has 0 bridgehead atoms. The summed E-state index contributed by atoms with van der Waals surface area (Å²) in [7, 11) is 0. The van der Waals surface area contributed by atoms with Crippen molar-refractivity contribution in [2.24, 2.45) is 5.73 Å². The Morgan fingerprint density at radius 2 is 2.31 bits per heavy atom. The van der Waals surface area contributed by atoms with Crippen LogP contribution in [0.25, 0.3) is 0 Å². The first-order valence-corrected chi connectivity index (χ1v) is 4.98. The molecule has 0 atom stereocenters. The molecule has 0 aromatic heterocycles. The second-order valence-corrected chi connectivity index (χ2v) is 3.30. The average molecular weight is 226 g/mol. The van der Waals surface area contributed by atoms with Gasteiger partial charge in [0.2, 0.25) is 5.91 Å². The Labute approximate surface area is 93.6 Å². The largest absolute Gasteiger partial charge is 0.370 e. The summed E-state index contributed by atoms with van der Waals surface area (Å²) in [5, 5.41) is 2.57. The number of nitrogens with one attached hydrogen (secondary N) is 1. The second-order valence-electron chi connectivity index (χ2n) is 3.30. The van der Waals surface area contributed by atoms with E-state index in [-0.39, 0.29) is 18.3 Å². The fourth-order valence-corrected chi connectivity index (χ4v) is 1.18. The molecule has 1 aromatic carbocycles. The third-order valence-corrected chi connectivity index (χ3v) is 2.04. The standard InChI is InChI=1S/C11H15FN2O2/c1-8-9(12)3-2-4-10(8)14-11(15)7-16-6-5-13/h2-4H,5-7,13H2,1H3,(H,14,15). The molecule has 0 heterocycles. The molecule has 0 spiro atoms. The monoisotopic (exact) mass is 226 g/mol. The first-order valence-electron chi connectivity index (χ1n) is 4.98. The molecule has 16 heavy (non-hydrogen) atoms. The molecule has 0 aliphatic rings. The normalized spacial score (nSPS) is 10.2. The summed E-state index contributed by atoms with van der Waals surface area (Å²) in [5.74, 6) is -0.664. The molecule has 0 saturated heterocycles. The van der Waals surface area contributed by atoms with E-state index >= 15 is 0 Å². The fourth-order valence-electron chi connectivity index (χ4n) is 1.18. The molecular formula is C11H15FN2O2. The van der Waals surface area contributed by atoms with Crippen LogP contribution in [0.4, 0.5) is 10.1 Å². The number of amides is 1. The van der Waals surface area contributed by atoms with Crippen LogP contribution in [0.2, 0.25) is 0 Å². The molecule has 0 aliphatic heterocycles. The zero-order chi connectivity index (χ0) is 12.0. The minimum atomic E-state index is -0.347. The maximum Gasteiger partial charge on any atom is 0.250 e. The number of carbonyl (C=O) groups is 1. The highest BCUT2D eigenvalue weighted by Gasteiger charge is 2.07. The van der Waals surface area contributed by atoms with Gasteiger partial charge >= 0.3 is 0 Å². The second kappa shape index (κ2) is 6.19. The predicted octanol–water partition coefficient (Wildman–Crippen LogP) is 1.05. The number of hydrogen-bond donors (Lipinski definition) is 2. The zero-order valence-electron chi connectivity index (χ0n) is 9.13. The van der Waals surface area contributed by atoms with Gasteiger partial charge < -0.3 is 15.8 Å². The Balaban J connectivity index is 2.53. The average Bonchev–Trinajstić information content (AvgIpc) is 2.25. The van der Waals surface area contributed by atoms with Gasteiger partial charge in [0.05, 0.1) is 6.61 Å². The Morgan fingerprint density at radius 3 is 3.00 bits per heavy atom. The van der Waals surface area contributed by atoms with Crippen molar-refractivity contribution in [1.29, 1.82) is 0 Å². The molecule has 1 rings (SSSR count). The first kappa shape index (κ1) is 12.6. The Morgan fingerprint density at radius 1 is 1.56 bits per heavy atom. The van der Waals surface area contributed by atoms with Crippen molar-refractivity contribution in [3.05, 3.63) is 29.6 Å². The predicted molar refractivity (Wildman–Crippen MR) is 59.6 cm³/mol. The molecule has 1 aromatic rings. The van der Waals surface area contributed by atoms with E-state index in [9.17, 15) is 9.18 Å². The number of carbonyl (C=O) groups excluding carboxylic acids is 1. The summed E-state index contributed by atoms with van der Waals surface area (Å²) >= 11 is 0. The summed E-state index contributed by atoms with van der Waals surface area (Å²) < 4.78 is 18.1. The molecule has 3 N–H and O–H groups in total. The highest BCUT2D eigenvalue weighted by atomic mass is 19.1. The Hall–Kier alpha value is -1.46. The van der Waals surface area contributed by atoms with Gasteiger partial charge in [-0.3, -0.25) is 4.79 Å². The van der Waals surface area contributed by atoms with Crippen LogP contribution >= 0.6 is 0 Å². The zero-order valence-corrected chi connectivity index (χ0v) is 9.13. The van der Waals surface area contributed by atoms with E-state index in [1.54, 1.807) is 19.1 Å². The van der Waals surface area contributed by atoms with Gasteiger partial charge in [-0.05, 0) is 19.1 Å². The minimum Gasteiger partial charge on any atom is -0.370 e. The summed E-state index contributed by atoms with van der Waals surface area (Å²) in [6.07, 6.45) is 0. The van der Waals surface area contributed by atoms with E-state index < -0.39 is 0 Å². The van der Waals surface area contributed by atoms with Gasteiger partial charge in [0.25, 0.3) is 0 Å². The number of hydrogen-bond acceptors (Lipinski definition) is 3. The van der Waals surface area contributed by atoms with Gasteiger partial charge in [0.15, 0.2) is 0 Å². The van der Waals surface area contributed by atoms with Gasteiger partial charge in [-0.25, -0.2) is 4.39 Å². The Bertz CT molecular complexity index is 369. The molecule has 4 nitrogen and oxygen atoms in total. The molecule has 0 radical (unpaired) electrons. The molecule has 0 saturated carbocycles. The summed E-state index contributed by atoms with van der Waals surface area (Å²) in [4.78, 5) is 11.4. The van der Waals surface area contributed by atoms with Crippen molar-refractivity contribution < 1.29 is 13.9 Å². The first-order chi connectivity index (χ1) is 7.65. The number of rotatable bonds is 5. The number of benzene rings is 1. The van der Waals surface area contributed by atoms with Crippen LogP contribution in [0, 0.1) is 12.7 Å². The third-order valence-electron chi connectivity index (χ3n) is 2.04. The summed E-state index contributed by atoms with van der Waals surface area (Å²) in [6.45, 7) is 2.22. The maximum absolute atomic E-state index is 13.1. The van der Waals surface area contributed by atoms with E-state index in [4.69, 9.17) is 10.5 Å². The van der Waals surface area contributed by atoms with Crippen LogP contribution in [-0.4, -0.2) is 25.7 Å². The van der Waals surface area contributed by atoms with Crippen LogP contribution in [0.15, 0.2) is 18.2 Å². The molecule has 1 amide bonds. The van der Waals surface area contributed by atoms with Crippen LogP contribution in [0.1, 0.15) is 5.56 Å². The van der Waals surface area contributed by atoms with Gasteiger partial charge in [0.1, 0.15) is 12.4 Å². The van der Waals surface area contributed by atoms with Gasteiger partial charge in [0, 0.05) is 17.8 Å². The van der Waals surface area contributed by atoms with Gasteiger partial charge in [-0.15, -0.1) is 0 Å². The van der Waals surface area contributed by atoms with E-state index in [1.807, 2.05) is 0 Å². The number of anilines is 1. The number of nitrogens with two attached hydrogens (primary N) is 1. The number of halogens is 1. The topological polar surface area (TPSA) is 64.3 Å². The Kier molecular flexibility index (Phi) is 4.88. The lowest BCUT2D eigenvalue weighted by atomic mass is 10.2. The molecular weight excluding hydrogens is 211 g/mol. The third kappa shape index (κ3) is 3.60. The van der Waals surface area contributed by atoms with Gasteiger partial charge in [-0.2, -0.15) is 0 Å². The lowest BCUT2D eigenvalue weighted by molar-refractivity contribution is -0.120. The maximum atomic E-state index is 13.1.